The summed E-state index contributed by atoms with van der Waals surface area (Å²) in [5, 5.41) is 8.17. The molecule has 1 aliphatic heterocycles. The molecule has 6 rings (SSSR count). The van der Waals surface area contributed by atoms with E-state index in [1.807, 2.05) is 53.4 Å². The third kappa shape index (κ3) is 4.34. The number of thiazole rings is 1. The van der Waals surface area contributed by atoms with Gasteiger partial charge in [0.2, 0.25) is 0 Å². The first-order valence-electron chi connectivity index (χ1n) is 11.8. The fourth-order valence-electron chi connectivity index (χ4n) is 4.41. The number of benzene rings is 2. The van der Waals surface area contributed by atoms with Gasteiger partial charge in [-0.15, -0.1) is 22.7 Å². The van der Waals surface area contributed by atoms with Crippen molar-refractivity contribution in [2.24, 2.45) is 0 Å². The van der Waals surface area contributed by atoms with Crippen molar-refractivity contribution in [3.8, 4) is 16.9 Å². The summed E-state index contributed by atoms with van der Waals surface area (Å²) in [4.78, 5) is 22.0. The lowest BCUT2D eigenvalue weighted by Crippen LogP contribution is -2.37. The molecule has 1 fully saturated rings. The number of hydrogen-bond acceptors (Lipinski definition) is 6. The van der Waals surface area contributed by atoms with Gasteiger partial charge < -0.3 is 4.74 Å². The fourth-order valence-corrected chi connectivity index (χ4v) is 6.38. The molecule has 0 spiro atoms. The molecule has 0 bridgehead atoms. The SMILES string of the molecule is Cc1nn(-c2ccccc2)c2sc(C(=O)N(CC3CCCO3)c3nc(-c4ccc(F)cc4)cs3)cc12. The molecule has 9 heteroatoms. The van der Waals surface area contributed by atoms with E-state index in [0.29, 0.717) is 28.9 Å². The molecule has 1 atom stereocenters. The molecular weight excluding hydrogens is 495 g/mol. The number of aromatic nitrogens is 3. The quantitative estimate of drug-likeness (QED) is 0.258. The van der Waals surface area contributed by atoms with Crippen molar-refractivity contribution in [2.75, 3.05) is 18.1 Å². The first kappa shape index (κ1) is 23.0. The molecule has 0 radical (unpaired) electrons. The average Bonchev–Trinajstić information content (AvgIpc) is 3.69. The van der Waals surface area contributed by atoms with E-state index in [-0.39, 0.29) is 17.8 Å². The van der Waals surface area contributed by atoms with E-state index in [9.17, 15) is 9.18 Å². The molecular formula is C27H23FN4O2S2. The second-order valence-corrected chi connectivity index (χ2v) is 10.6. The first-order chi connectivity index (χ1) is 17.6. The normalized spacial score (nSPS) is 15.6. The second-order valence-electron chi connectivity index (χ2n) is 8.74. The number of aryl methyl sites for hydroxylation is 1. The summed E-state index contributed by atoms with van der Waals surface area (Å²) in [5.74, 6) is -0.399. The molecule has 0 saturated carbocycles. The minimum Gasteiger partial charge on any atom is -0.376 e. The fraction of sp³-hybridized carbons (Fsp3) is 0.222. The number of ether oxygens (including phenoxy) is 1. The molecule has 3 aromatic heterocycles. The van der Waals surface area contributed by atoms with Gasteiger partial charge in [0.1, 0.15) is 10.6 Å². The van der Waals surface area contributed by atoms with E-state index in [4.69, 9.17) is 14.8 Å². The Hall–Kier alpha value is -3.40. The minimum absolute atomic E-state index is 0.0250. The summed E-state index contributed by atoms with van der Waals surface area (Å²) < 4.78 is 21.2. The summed E-state index contributed by atoms with van der Waals surface area (Å²) in [6.07, 6.45) is 1.87. The lowest BCUT2D eigenvalue weighted by atomic mass is 10.2. The lowest BCUT2D eigenvalue weighted by Gasteiger charge is -2.22. The Morgan fingerprint density at radius 3 is 2.75 bits per heavy atom. The van der Waals surface area contributed by atoms with E-state index in [2.05, 4.69) is 0 Å². The Bertz CT molecular complexity index is 1520. The van der Waals surface area contributed by atoms with E-state index < -0.39 is 0 Å². The molecule has 5 aromatic rings. The van der Waals surface area contributed by atoms with Crippen LogP contribution in [0, 0.1) is 12.7 Å². The summed E-state index contributed by atoms with van der Waals surface area (Å²) in [7, 11) is 0. The highest BCUT2D eigenvalue weighted by molar-refractivity contribution is 7.20. The number of hydrogen-bond donors (Lipinski definition) is 0. The van der Waals surface area contributed by atoms with Crippen molar-refractivity contribution in [1.82, 2.24) is 14.8 Å². The maximum absolute atomic E-state index is 13.9. The monoisotopic (exact) mass is 518 g/mol. The van der Waals surface area contributed by atoms with E-state index in [1.54, 1.807) is 17.0 Å². The summed E-state index contributed by atoms with van der Waals surface area (Å²) in [5.41, 5.74) is 3.36. The highest BCUT2D eigenvalue weighted by Gasteiger charge is 2.29. The molecule has 1 unspecified atom stereocenters. The minimum atomic E-state index is -0.293. The van der Waals surface area contributed by atoms with Gasteiger partial charge in [0.15, 0.2) is 5.13 Å². The van der Waals surface area contributed by atoms with Crippen molar-refractivity contribution in [2.45, 2.75) is 25.9 Å². The van der Waals surface area contributed by atoms with Crippen LogP contribution in [0.2, 0.25) is 0 Å². The zero-order valence-electron chi connectivity index (χ0n) is 19.6. The summed E-state index contributed by atoms with van der Waals surface area (Å²) in [6.45, 7) is 3.11. The third-order valence-corrected chi connectivity index (χ3v) is 8.24. The number of halogens is 1. The van der Waals surface area contributed by atoms with Crippen LogP contribution in [0.4, 0.5) is 9.52 Å². The van der Waals surface area contributed by atoms with Crippen LogP contribution in [-0.4, -0.2) is 39.9 Å². The van der Waals surface area contributed by atoms with Crippen LogP contribution < -0.4 is 4.90 Å². The van der Waals surface area contributed by atoms with Gasteiger partial charge in [-0.3, -0.25) is 9.69 Å². The standard InChI is InChI=1S/C27H23FN4O2S2/c1-17-22-14-24(36-26(22)32(30-17)20-6-3-2-4-7-20)25(33)31(15-21-8-5-13-34-21)27-29-23(16-35-27)18-9-11-19(28)12-10-18/h2-4,6-7,9-12,14,16,21H,5,8,13,15H2,1H3. The Kier molecular flexibility index (Phi) is 6.12. The Balaban J connectivity index is 1.36. The molecule has 1 amide bonds. The number of rotatable bonds is 6. The van der Waals surface area contributed by atoms with Crippen molar-refractivity contribution >= 4 is 43.9 Å². The number of carbonyl (C=O) groups is 1. The maximum atomic E-state index is 13.9. The third-order valence-electron chi connectivity index (χ3n) is 6.27. The van der Waals surface area contributed by atoms with Crippen LogP contribution in [-0.2, 0) is 4.74 Å². The number of fused-ring (bicyclic) bond motifs is 1. The predicted octanol–water partition coefficient (Wildman–Crippen LogP) is 6.48. The topological polar surface area (TPSA) is 60.2 Å². The smallest absolute Gasteiger partial charge is 0.270 e. The zero-order valence-corrected chi connectivity index (χ0v) is 21.2. The number of amides is 1. The van der Waals surface area contributed by atoms with Crippen LogP contribution in [0.1, 0.15) is 28.2 Å². The van der Waals surface area contributed by atoms with Gasteiger partial charge in [-0.25, -0.2) is 14.1 Å². The van der Waals surface area contributed by atoms with E-state index in [1.165, 1.54) is 34.8 Å². The van der Waals surface area contributed by atoms with Crippen LogP contribution in [0.15, 0.2) is 66.0 Å². The van der Waals surface area contributed by atoms with Crippen LogP contribution >= 0.6 is 22.7 Å². The highest BCUT2D eigenvalue weighted by Crippen LogP contribution is 2.34. The Morgan fingerprint density at radius 1 is 1.19 bits per heavy atom. The van der Waals surface area contributed by atoms with Crippen molar-refractivity contribution < 1.29 is 13.9 Å². The number of para-hydroxylation sites is 1. The molecule has 0 N–H and O–H groups in total. The molecule has 182 valence electrons. The van der Waals surface area contributed by atoms with Gasteiger partial charge in [-0.2, -0.15) is 5.10 Å². The van der Waals surface area contributed by atoms with Crippen LogP contribution in [0.5, 0.6) is 0 Å². The molecule has 1 saturated heterocycles. The van der Waals surface area contributed by atoms with E-state index >= 15 is 0 Å². The largest absolute Gasteiger partial charge is 0.376 e. The predicted molar refractivity (Wildman–Crippen MR) is 142 cm³/mol. The van der Waals surface area contributed by atoms with Gasteiger partial charge in [-0.1, -0.05) is 18.2 Å². The molecule has 1 aliphatic rings. The Labute approximate surface area is 215 Å². The Morgan fingerprint density at radius 2 is 2.00 bits per heavy atom. The van der Waals surface area contributed by atoms with E-state index in [0.717, 1.165) is 40.0 Å². The number of thiophene rings is 1. The zero-order chi connectivity index (χ0) is 24.6. The second kappa shape index (κ2) is 9.57. The van der Waals surface area contributed by atoms with Crippen molar-refractivity contribution in [3.05, 3.63) is 82.4 Å². The van der Waals surface area contributed by atoms with Crippen molar-refractivity contribution in [3.63, 3.8) is 0 Å². The highest BCUT2D eigenvalue weighted by atomic mass is 32.1. The first-order valence-corrected chi connectivity index (χ1v) is 13.5. The van der Waals surface area contributed by atoms with Gasteiger partial charge >= 0.3 is 0 Å². The summed E-state index contributed by atoms with van der Waals surface area (Å²) >= 11 is 2.84. The van der Waals surface area contributed by atoms with Gasteiger partial charge in [0, 0.05) is 22.9 Å². The lowest BCUT2D eigenvalue weighted by molar-refractivity contribution is 0.0920. The van der Waals surface area contributed by atoms with Gasteiger partial charge in [0.05, 0.1) is 34.6 Å². The average molecular weight is 519 g/mol. The van der Waals surface area contributed by atoms with Crippen LogP contribution in [0.25, 0.3) is 27.2 Å². The van der Waals surface area contributed by atoms with Gasteiger partial charge in [0.25, 0.3) is 5.91 Å². The van der Waals surface area contributed by atoms with Crippen molar-refractivity contribution in [1.29, 1.82) is 0 Å². The summed E-state index contributed by atoms with van der Waals surface area (Å²) in [6, 6.07) is 18.1. The maximum Gasteiger partial charge on any atom is 0.270 e. The van der Waals surface area contributed by atoms with Gasteiger partial charge in [-0.05, 0) is 62.2 Å². The van der Waals surface area contributed by atoms with Crippen LogP contribution in [0.3, 0.4) is 0 Å². The number of nitrogens with zero attached hydrogens (tertiary/aromatic N) is 4. The molecule has 4 heterocycles. The molecule has 6 nitrogen and oxygen atoms in total. The molecule has 36 heavy (non-hydrogen) atoms. The number of carbonyl (C=O) groups excluding carboxylic acids is 1. The molecule has 0 aliphatic carbocycles. The molecule has 2 aromatic carbocycles. The number of anilines is 1.